The fraction of sp³-hybridized carbons (Fsp3) is 0.286. The average molecular weight is 460 g/mol. The molecule has 3 rings (SSSR count). The molecular weight excluding hydrogens is 434 g/mol. The number of nitrogens with zero attached hydrogens (tertiary/aromatic N) is 3. The smallest absolute Gasteiger partial charge is 0.240 e. The zero-order valence-electron chi connectivity index (χ0n) is 17.6. The van der Waals surface area contributed by atoms with Crippen LogP contribution in [0.2, 0.25) is 0 Å². The van der Waals surface area contributed by atoms with Crippen LogP contribution >= 0.6 is 11.8 Å². The molecule has 2 N–H and O–H groups in total. The van der Waals surface area contributed by atoms with E-state index >= 15 is 0 Å². The van der Waals surface area contributed by atoms with Gasteiger partial charge in [0.05, 0.1) is 10.6 Å². The molecule has 0 spiro atoms. The molecule has 0 radical (unpaired) electrons. The second-order valence-electron chi connectivity index (χ2n) is 6.83. The molecule has 0 unspecified atom stereocenters. The largest absolute Gasteiger partial charge is 0.325 e. The number of aromatic nitrogens is 3. The van der Waals surface area contributed by atoms with E-state index in [0.29, 0.717) is 29.4 Å². The molecule has 3 aromatic rings. The summed E-state index contributed by atoms with van der Waals surface area (Å²) in [6.45, 7) is 4.41. The van der Waals surface area contributed by atoms with E-state index in [1.165, 1.54) is 24.9 Å². The SMILES string of the molecule is CCn1c(Cc2ccccc2)nnc1SCC(=O)Nc1ccc(C)c(S(=O)(=O)NC)c1. The zero-order chi connectivity index (χ0) is 22.4. The zero-order valence-corrected chi connectivity index (χ0v) is 19.3. The van der Waals surface area contributed by atoms with E-state index in [-0.39, 0.29) is 16.6 Å². The summed E-state index contributed by atoms with van der Waals surface area (Å²) in [5.41, 5.74) is 2.17. The van der Waals surface area contributed by atoms with Gasteiger partial charge in [0, 0.05) is 18.7 Å². The number of aryl methyl sites for hydroxylation is 1. The third-order valence-corrected chi connectivity index (χ3v) is 7.20. The predicted molar refractivity (Wildman–Crippen MR) is 122 cm³/mol. The van der Waals surface area contributed by atoms with Gasteiger partial charge in [-0.1, -0.05) is 48.2 Å². The van der Waals surface area contributed by atoms with E-state index in [2.05, 4.69) is 20.2 Å². The number of carbonyl (C=O) groups excluding carboxylic acids is 1. The number of anilines is 1. The Morgan fingerprint density at radius 3 is 2.55 bits per heavy atom. The van der Waals surface area contributed by atoms with Crippen LogP contribution in [0.3, 0.4) is 0 Å². The van der Waals surface area contributed by atoms with Crippen LogP contribution in [0.25, 0.3) is 0 Å². The molecule has 8 nitrogen and oxygen atoms in total. The molecule has 0 fully saturated rings. The van der Waals surface area contributed by atoms with Crippen molar-refractivity contribution in [3.05, 3.63) is 65.5 Å². The van der Waals surface area contributed by atoms with Gasteiger partial charge in [-0.3, -0.25) is 4.79 Å². The highest BCUT2D eigenvalue weighted by atomic mass is 32.2. The van der Waals surface area contributed by atoms with Gasteiger partial charge in [0.2, 0.25) is 15.9 Å². The number of benzene rings is 2. The lowest BCUT2D eigenvalue weighted by atomic mass is 10.1. The first kappa shape index (κ1) is 23.0. The Morgan fingerprint density at radius 1 is 1.13 bits per heavy atom. The van der Waals surface area contributed by atoms with Crippen molar-refractivity contribution in [2.75, 3.05) is 18.1 Å². The fourth-order valence-electron chi connectivity index (χ4n) is 3.06. The van der Waals surface area contributed by atoms with Crippen molar-refractivity contribution < 1.29 is 13.2 Å². The van der Waals surface area contributed by atoms with Crippen molar-refractivity contribution in [3.8, 4) is 0 Å². The van der Waals surface area contributed by atoms with Gasteiger partial charge in [0.15, 0.2) is 5.16 Å². The minimum atomic E-state index is -3.60. The Bertz CT molecular complexity index is 1160. The molecule has 0 saturated carbocycles. The van der Waals surface area contributed by atoms with Gasteiger partial charge in [0.1, 0.15) is 5.82 Å². The average Bonchev–Trinajstić information content (AvgIpc) is 3.15. The summed E-state index contributed by atoms with van der Waals surface area (Å²) in [7, 11) is -2.25. The minimum absolute atomic E-state index is 0.130. The number of nitrogens with one attached hydrogen (secondary N) is 2. The van der Waals surface area contributed by atoms with Gasteiger partial charge in [-0.25, -0.2) is 13.1 Å². The molecule has 0 saturated heterocycles. The van der Waals surface area contributed by atoms with Crippen molar-refractivity contribution in [3.63, 3.8) is 0 Å². The summed E-state index contributed by atoms with van der Waals surface area (Å²) in [5, 5.41) is 12.0. The molecule has 0 aliphatic rings. The number of thioether (sulfide) groups is 1. The lowest BCUT2D eigenvalue weighted by Crippen LogP contribution is -2.20. The monoisotopic (exact) mass is 459 g/mol. The van der Waals surface area contributed by atoms with Crippen LogP contribution in [0.15, 0.2) is 58.6 Å². The predicted octanol–water partition coefficient (Wildman–Crippen LogP) is 2.84. The standard InChI is InChI=1S/C21H25N5O3S2/c1-4-26-19(12-16-8-6-5-7-9-16)24-25-21(26)30-14-20(27)23-17-11-10-15(2)18(13-17)31(28,29)22-3/h5-11,13,22H,4,12,14H2,1-3H3,(H,23,27). The molecule has 1 aromatic heterocycles. The second-order valence-corrected chi connectivity index (χ2v) is 9.63. The van der Waals surface area contributed by atoms with Crippen molar-refractivity contribution in [2.24, 2.45) is 0 Å². The van der Waals surface area contributed by atoms with Crippen molar-refractivity contribution in [1.29, 1.82) is 0 Å². The Hall–Kier alpha value is -2.69. The Labute approximate surface area is 186 Å². The topological polar surface area (TPSA) is 106 Å². The van der Waals surface area contributed by atoms with Gasteiger partial charge in [0.25, 0.3) is 0 Å². The van der Waals surface area contributed by atoms with Crippen LogP contribution in [0, 0.1) is 6.92 Å². The lowest BCUT2D eigenvalue weighted by Gasteiger charge is -2.11. The summed E-state index contributed by atoms with van der Waals surface area (Å²) in [6, 6.07) is 14.8. The first-order valence-electron chi connectivity index (χ1n) is 9.77. The molecule has 0 bridgehead atoms. The Balaban J connectivity index is 1.66. The van der Waals surface area contributed by atoms with Crippen LogP contribution in [-0.4, -0.2) is 41.9 Å². The van der Waals surface area contributed by atoms with E-state index in [1.807, 2.05) is 41.8 Å². The Kier molecular flexibility index (Phi) is 7.47. The van der Waals surface area contributed by atoms with Crippen molar-refractivity contribution in [1.82, 2.24) is 19.5 Å². The molecule has 10 heteroatoms. The molecule has 0 aliphatic heterocycles. The third-order valence-electron chi connectivity index (χ3n) is 4.68. The summed E-state index contributed by atoms with van der Waals surface area (Å²) in [4.78, 5) is 12.6. The summed E-state index contributed by atoms with van der Waals surface area (Å²) in [5.74, 6) is 0.722. The van der Waals surface area contributed by atoms with E-state index in [0.717, 1.165) is 11.4 Å². The fourth-order valence-corrected chi connectivity index (χ4v) is 4.87. The van der Waals surface area contributed by atoms with Gasteiger partial charge < -0.3 is 9.88 Å². The van der Waals surface area contributed by atoms with Gasteiger partial charge in [-0.15, -0.1) is 10.2 Å². The van der Waals surface area contributed by atoms with Crippen molar-refractivity contribution in [2.45, 2.75) is 36.9 Å². The number of sulfonamides is 1. The molecule has 2 aromatic carbocycles. The number of hydrogen-bond donors (Lipinski definition) is 2. The summed E-state index contributed by atoms with van der Waals surface area (Å²) < 4.78 is 28.5. The highest BCUT2D eigenvalue weighted by Crippen LogP contribution is 2.22. The van der Waals surface area contributed by atoms with E-state index in [9.17, 15) is 13.2 Å². The van der Waals surface area contributed by atoms with Gasteiger partial charge in [-0.2, -0.15) is 0 Å². The van der Waals surface area contributed by atoms with Crippen LogP contribution in [0.1, 0.15) is 23.9 Å². The molecular formula is C21H25N5O3S2. The maximum absolute atomic E-state index is 12.4. The van der Waals surface area contributed by atoms with Gasteiger partial charge in [-0.05, 0) is 44.2 Å². The highest BCUT2D eigenvalue weighted by molar-refractivity contribution is 7.99. The third kappa shape index (κ3) is 5.72. The lowest BCUT2D eigenvalue weighted by molar-refractivity contribution is -0.113. The van der Waals surface area contributed by atoms with Gasteiger partial charge >= 0.3 is 0 Å². The summed E-state index contributed by atoms with van der Waals surface area (Å²) in [6.07, 6.45) is 0.667. The van der Waals surface area contributed by atoms with E-state index in [1.54, 1.807) is 19.1 Å². The maximum atomic E-state index is 12.4. The number of carbonyl (C=O) groups is 1. The van der Waals surface area contributed by atoms with Crippen LogP contribution in [-0.2, 0) is 27.8 Å². The van der Waals surface area contributed by atoms with Crippen LogP contribution in [0.4, 0.5) is 5.69 Å². The maximum Gasteiger partial charge on any atom is 0.240 e. The first-order valence-corrected chi connectivity index (χ1v) is 12.2. The quantitative estimate of drug-likeness (QED) is 0.477. The normalized spacial score (nSPS) is 11.5. The molecule has 1 heterocycles. The molecule has 0 aliphatic carbocycles. The molecule has 1 amide bonds. The van der Waals surface area contributed by atoms with Crippen LogP contribution < -0.4 is 10.0 Å². The Morgan fingerprint density at radius 2 is 1.87 bits per heavy atom. The molecule has 164 valence electrons. The highest BCUT2D eigenvalue weighted by Gasteiger charge is 2.17. The summed E-state index contributed by atoms with van der Waals surface area (Å²) >= 11 is 1.29. The molecule has 31 heavy (non-hydrogen) atoms. The second kappa shape index (κ2) is 10.1. The van der Waals surface area contributed by atoms with Crippen molar-refractivity contribution >= 4 is 33.4 Å². The first-order chi connectivity index (χ1) is 14.8. The van der Waals surface area contributed by atoms with E-state index in [4.69, 9.17) is 0 Å². The number of amides is 1. The molecule has 0 atom stereocenters. The van der Waals surface area contributed by atoms with E-state index < -0.39 is 10.0 Å². The van der Waals surface area contributed by atoms with Crippen LogP contribution in [0.5, 0.6) is 0 Å². The number of hydrogen-bond acceptors (Lipinski definition) is 6. The minimum Gasteiger partial charge on any atom is -0.325 e. The number of rotatable bonds is 9.